The van der Waals surface area contributed by atoms with Crippen LogP contribution >= 0.6 is 0 Å². The molecule has 0 bridgehead atoms. The zero-order chi connectivity index (χ0) is 8.69. The standard InChI is InChI=1S/C7H9NO3/c1-4-11-7(9)6(8-2)5-10-3/h5H,4H2,1,3H3/b6-5+. The van der Waals surface area contributed by atoms with Crippen molar-refractivity contribution in [2.24, 2.45) is 0 Å². The molecule has 0 saturated carbocycles. The van der Waals surface area contributed by atoms with Gasteiger partial charge in [-0.05, 0) is 6.92 Å². The molecular formula is C7H9NO3. The molecule has 60 valence electrons. The third-order valence-corrected chi connectivity index (χ3v) is 0.835. The highest BCUT2D eigenvalue weighted by atomic mass is 16.5. The number of nitrogens with zero attached hydrogens (tertiary/aromatic N) is 1. The van der Waals surface area contributed by atoms with Crippen molar-refractivity contribution >= 4 is 5.97 Å². The molecule has 0 heterocycles. The molecule has 0 aliphatic carbocycles. The maximum atomic E-state index is 10.8. The number of ether oxygens (including phenoxy) is 2. The monoisotopic (exact) mass is 155 g/mol. The normalized spacial score (nSPS) is 10.1. The molecule has 0 aromatic carbocycles. The molecule has 0 atom stereocenters. The van der Waals surface area contributed by atoms with Crippen LogP contribution in [0.25, 0.3) is 4.85 Å². The molecule has 0 aromatic rings. The Labute approximate surface area is 65.2 Å². The topological polar surface area (TPSA) is 39.9 Å². The molecule has 0 N–H and O–H groups in total. The molecule has 0 radical (unpaired) electrons. The molecule has 11 heavy (non-hydrogen) atoms. The number of carbonyl (C=O) groups excluding carboxylic acids is 1. The average molecular weight is 155 g/mol. The summed E-state index contributed by atoms with van der Waals surface area (Å²) in [7, 11) is 1.37. The van der Waals surface area contributed by atoms with Gasteiger partial charge in [0.25, 0.3) is 0 Å². The fourth-order valence-corrected chi connectivity index (χ4v) is 0.437. The number of carbonyl (C=O) groups is 1. The summed E-state index contributed by atoms with van der Waals surface area (Å²) in [5.41, 5.74) is -0.144. The van der Waals surface area contributed by atoms with Gasteiger partial charge < -0.3 is 9.47 Å². The maximum Gasteiger partial charge on any atom is 0.339 e. The summed E-state index contributed by atoms with van der Waals surface area (Å²) in [6, 6.07) is 0. The molecule has 0 rings (SSSR count). The van der Waals surface area contributed by atoms with Crippen LogP contribution in [0.3, 0.4) is 0 Å². The van der Waals surface area contributed by atoms with Crippen molar-refractivity contribution in [1.29, 1.82) is 0 Å². The van der Waals surface area contributed by atoms with Crippen LogP contribution in [-0.4, -0.2) is 19.7 Å². The van der Waals surface area contributed by atoms with Crippen LogP contribution in [0.4, 0.5) is 0 Å². The molecule has 4 nitrogen and oxygen atoms in total. The van der Waals surface area contributed by atoms with E-state index < -0.39 is 5.97 Å². The van der Waals surface area contributed by atoms with Crippen molar-refractivity contribution in [2.45, 2.75) is 6.92 Å². The lowest BCUT2D eigenvalue weighted by molar-refractivity contribution is -0.138. The second-order valence-corrected chi connectivity index (χ2v) is 1.57. The first-order chi connectivity index (χ1) is 5.26. The third-order valence-electron chi connectivity index (χ3n) is 0.835. The summed E-state index contributed by atoms with van der Waals surface area (Å²) < 4.78 is 9.03. The largest absolute Gasteiger partial charge is 0.515 e. The van der Waals surface area contributed by atoms with Gasteiger partial charge in [-0.15, -0.1) is 0 Å². The van der Waals surface area contributed by atoms with Gasteiger partial charge in [-0.2, -0.15) is 0 Å². The van der Waals surface area contributed by atoms with E-state index in [0.29, 0.717) is 0 Å². The highest BCUT2D eigenvalue weighted by Gasteiger charge is 2.09. The van der Waals surface area contributed by atoms with Crippen molar-refractivity contribution in [1.82, 2.24) is 0 Å². The van der Waals surface area contributed by atoms with Crippen LogP contribution in [0.1, 0.15) is 6.92 Å². The van der Waals surface area contributed by atoms with Gasteiger partial charge >= 0.3 is 11.7 Å². The Morgan fingerprint density at radius 2 is 2.36 bits per heavy atom. The average Bonchev–Trinajstić information content (AvgIpc) is 2.00. The van der Waals surface area contributed by atoms with Crippen LogP contribution in [0.15, 0.2) is 12.0 Å². The number of methoxy groups -OCH3 is 1. The Hall–Kier alpha value is -1.50. The second-order valence-electron chi connectivity index (χ2n) is 1.57. The lowest BCUT2D eigenvalue weighted by atomic mass is 10.5. The Morgan fingerprint density at radius 1 is 1.73 bits per heavy atom. The van der Waals surface area contributed by atoms with Crippen molar-refractivity contribution < 1.29 is 14.3 Å². The lowest BCUT2D eigenvalue weighted by Gasteiger charge is -1.97. The van der Waals surface area contributed by atoms with E-state index >= 15 is 0 Å². The first-order valence-electron chi connectivity index (χ1n) is 3.03. The Morgan fingerprint density at radius 3 is 2.73 bits per heavy atom. The Kier molecular flexibility index (Phi) is 4.58. The SMILES string of the molecule is [C-]#[N+]/C(=C/OC)C(=O)OCC. The van der Waals surface area contributed by atoms with Crippen LogP contribution in [0, 0.1) is 6.57 Å². The van der Waals surface area contributed by atoms with Crippen molar-refractivity contribution in [3.8, 4) is 0 Å². The van der Waals surface area contributed by atoms with E-state index in [1.165, 1.54) is 7.11 Å². The fourth-order valence-electron chi connectivity index (χ4n) is 0.437. The second kappa shape index (κ2) is 5.30. The summed E-state index contributed by atoms with van der Waals surface area (Å²) in [6.07, 6.45) is 1.06. The minimum absolute atomic E-state index is 0.144. The summed E-state index contributed by atoms with van der Waals surface area (Å²) in [6.45, 7) is 8.48. The van der Waals surface area contributed by atoms with E-state index in [1.807, 2.05) is 0 Å². The van der Waals surface area contributed by atoms with Gasteiger partial charge in [0, 0.05) is 0 Å². The first-order valence-corrected chi connectivity index (χ1v) is 3.03. The lowest BCUT2D eigenvalue weighted by Crippen LogP contribution is -2.05. The van der Waals surface area contributed by atoms with Gasteiger partial charge in [-0.3, -0.25) is 4.79 Å². The molecule has 0 spiro atoms. The minimum atomic E-state index is -0.649. The molecule has 0 aromatic heterocycles. The highest BCUT2D eigenvalue weighted by molar-refractivity contribution is 5.89. The predicted molar refractivity (Wildman–Crippen MR) is 38.3 cm³/mol. The minimum Gasteiger partial charge on any atom is -0.515 e. The van der Waals surface area contributed by atoms with E-state index in [2.05, 4.69) is 14.3 Å². The summed E-state index contributed by atoms with van der Waals surface area (Å²) in [5, 5.41) is 0. The molecular weight excluding hydrogens is 146 g/mol. The van der Waals surface area contributed by atoms with Crippen LogP contribution in [0.2, 0.25) is 0 Å². The first kappa shape index (κ1) is 9.50. The van der Waals surface area contributed by atoms with Crippen LogP contribution < -0.4 is 0 Å². The smallest absolute Gasteiger partial charge is 0.339 e. The number of esters is 1. The van der Waals surface area contributed by atoms with Gasteiger partial charge in [-0.1, -0.05) is 0 Å². The molecule has 0 fully saturated rings. The molecule has 0 unspecified atom stereocenters. The fraction of sp³-hybridized carbons (Fsp3) is 0.429. The van der Waals surface area contributed by atoms with Crippen LogP contribution in [0.5, 0.6) is 0 Å². The Bertz CT molecular complexity index is 202. The summed E-state index contributed by atoms with van der Waals surface area (Å²) in [4.78, 5) is 13.7. The summed E-state index contributed by atoms with van der Waals surface area (Å²) in [5.74, 6) is -0.649. The van der Waals surface area contributed by atoms with E-state index in [-0.39, 0.29) is 12.3 Å². The zero-order valence-corrected chi connectivity index (χ0v) is 6.46. The van der Waals surface area contributed by atoms with Crippen molar-refractivity contribution in [2.75, 3.05) is 13.7 Å². The van der Waals surface area contributed by atoms with E-state index in [4.69, 9.17) is 6.57 Å². The van der Waals surface area contributed by atoms with E-state index in [1.54, 1.807) is 6.92 Å². The number of hydrogen-bond donors (Lipinski definition) is 0. The van der Waals surface area contributed by atoms with E-state index in [9.17, 15) is 4.79 Å². The Balaban J connectivity index is 4.18. The summed E-state index contributed by atoms with van der Waals surface area (Å²) >= 11 is 0. The molecule has 0 aliphatic rings. The zero-order valence-electron chi connectivity index (χ0n) is 6.46. The molecule has 0 amide bonds. The maximum absolute atomic E-state index is 10.8. The van der Waals surface area contributed by atoms with Gasteiger partial charge in [0.1, 0.15) is 0 Å². The van der Waals surface area contributed by atoms with E-state index in [0.717, 1.165) is 6.26 Å². The van der Waals surface area contributed by atoms with Gasteiger partial charge in [0.15, 0.2) is 0 Å². The van der Waals surface area contributed by atoms with Gasteiger partial charge in [0.2, 0.25) is 0 Å². The highest BCUT2D eigenvalue weighted by Crippen LogP contribution is 1.99. The quantitative estimate of drug-likeness (QED) is 0.264. The molecule has 0 aliphatic heterocycles. The predicted octanol–water partition coefficient (Wildman–Crippen LogP) is 0.957. The van der Waals surface area contributed by atoms with Gasteiger partial charge in [-0.25, -0.2) is 4.85 Å². The van der Waals surface area contributed by atoms with Crippen molar-refractivity contribution in [3.05, 3.63) is 23.4 Å². The molecule has 4 heteroatoms. The number of hydrogen-bond acceptors (Lipinski definition) is 3. The molecule has 0 saturated heterocycles. The van der Waals surface area contributed by atoms with Gasteiger partial charge in [0.05, 0.1) is 26.6 Å². The van der Waals surface area contributed by atoms with Crippen LogP contribution in [-0.2, 0) is 14.3 Å². The third kappa shape index (κ3) is 3.26. The number of rotatable bonds is 3. The van der Waals surface area contributed by atoms with Crippen molar-refractivity contribution in [3.63, 3.8) is 0 Å².